The van der Waals surface area contributed by atoms with E-state index >= 15 is 0 Å². The lowest BCUT2D eigenvalue weighted by Gasteiger charge is -2.24. The number of ether oxygens (including phenoxy) is 1. The van der Waals surface area contributed by atoms with E-state index in [0.717, 1.165) is 44.9 Å². The first kappa shape index (κ1) is 54.9. The highest BCUT2D eigenvalue weighted by Gasteiger charge is 2.24. The zero-order valence-corrected chi connectivity index (χ0v) is 38.0. The average Bonchev–Trinajstić information content (AvgIpc) is 3.19. The van der Waals surface area contributed by atoms with Crippen molar-refractivity contribution in [1.29, 1.82) is 0 Å². The van der Waals surface area contributed by atoms with Gasteiger partial charge in [-0.1, -0.05) is 245 Å². The van der Waals surface area contributed by atoms with Crippen LogP contribution in [0.5, 0.6) is 0 Å². The third kappa shape index (κ3) is 39.7. The molecule has 334 valence electrons. The van der Waals surface area contributed by atoms with Crippen LogP contribution in [0.4, 0.5) is 0 Å². The molecule has 0 aliphatic heterocycles. The molecule has 0 aliphatic rings. The van der Waals surface area contributed by atoms with E-state index in [4.69, 9.17) is 4.74 Å². The molecule has 0 saturated carbocycles. The maximum absolute atomic E-state index is 13.1. The largest absolute Gasteiger partial charge is 0.462 e. The van der Waals surface area contributed by atoms with E-state index in [-0.39, 0.29) is 24.9 Å². The van der Waals surface area contributed by atoms with Crippen LogP contribution in [0.3, 0.4) is 0 Å². The zero-order valence-electron chi connectivity index (χ0n) is 38.0. The number of hydrogen-bond donors (Lipinski definition) is 3. The van der Waals surface area contributed by atoms with E-state index in [9.17, 15) is 19.8 Å². The molecule has 0 aromatic rings. The van der Waals surface area contributed by atoms with Gasteiger partial charge in [-0.15, -0.1) is 0 Å². The molecule has 0 fully saturated rings. The molecule has 0 spiro atoms. The second-order valence-corrected chi connectivity index (χ2v) is 17.6. The Kier molecular flexibility index (Phi) is 44.0. The lowest BCUT2D eigenvalue weighted by Crippen LogP contribution is -2.46. The minimum absolute atomic E-state index is 0.0864. The number of hydrogen-bond acceptors (Lipinski definition) is 5. The van der Waals surface area contributed by atoms with E-state index < -0.39 is 18.2 Å². The van der Waals surface area contributed by atoms with Gasteiger partial charge in [0.25, 0.3) is 0 Å². The summed E-state index contributed by atoms with van der Waals surface area (Å²) in [6.45, 7) is 6.49. The second kappa shape index (κ2) is 45.0. The van der Waals surface area contributed by atoms with Crippen molar-refractivity contribution >= 4 is 11.9 Å². The number of carbonyl (C=O) groups is 2. The Balaban J connectivity index is 4.36. The van der Waals surface area contributed by atoms with Crippen LogP contribution in [0.1, 0.15) is 284 Å². The third-order valence-corrected chi connectivity index (χ3v) is 11.9. The molecule has 0 rings (SSSR count). The van der Waals surface area contributed by atoms with E-state index in [0.29, 0.717) is 19.3 Å². The van der Waals surface area contributed by atoms with E-state index in [2.05, 4.69) is 26.1 Å². The molecule has 3 atom stereocenters. The molecule has 3 unspecified atom stereocenters. The number of aliphatic hydroxyl groups excluding tert-OH is 2. The predicted molar refractivity (Wildman–Crippen MR) is 241 cm³/mol. The van der Waals surface area contributed by atoms with E-state index in [1.807, 2.05) is 0 Å². The van der Waals surface area contributed by atoms with Gasteiger partial charge in [0.1, 0.15) is 6.10 Å². The van der Waals surface area contributed by atoms with Crippen molar-refractivity contribution in [2.45, 2.75) is 302 Å². The van der Waals surface area contributed by atoms with Gasteiger partial charge in [0.05, 0.1) is 25.2 Å². The quantitative estimate of drug-likeness (QED) is 0.0421. The number of carbonyl (C=O) groups excluding carboxylic acids is 2. The smallest absolute Gasteiger partial charge is 0.306 e. The average molecular weight is 794 g/mol. The molecule has 0 radical (unpaired) electrons. The van der Waals surface area contributed by atoms with Gasteiger partial charge < -0.3 is 20.3 Å². The highest BCUT2D eigenvalue weighted by molar-refractivity contribution is 5.77. The van der Waals surface area contributed by atoms with Crippen molar-refractivity contribution in [1.82, 2.24) is 5.32 Å². The fraction of sp³-hybridized carbons (Fsp3) is 0.960. The first-order chi connectivity index (χ1) is 27.5. The molecule has 0 aromatic heterocycles. The zero-order chi connectivity index (χ0) is 41.0. The van der Waals surface area contributed by atoms with Crippen LogP contribution < -0.4 is 5.32 Å². The van der Waals surface area contributed by atoms with Gasteiger partial charge in [-0.2, -0.15) is 0 Å². The molecular formula is C50H99NO5. The fourth-order valence-corrected chi connectivity index (χ4v) is 8.08. The SMILES string of the molecule is CCCCCCCCCCCCCCCCCCC(O)C(CO)NC(=O)CC(CCCCCCCCCC)OC(=O)CCCCCCCCCCCCCCC. The molecule has 0 aromatic carbocycles. The van der Waals surface area contributed by atoms with Crippen molar-refractivity contribution in [3.8, 4) is 0 Å². The maximum atomic E-state index is 13.1. The Hall–Kier alpha value is -1.14. The number of rotatable bonds is 46. The van der Waals surface area contributed by atoms with Crippen LogP contribution in [0.2, 0.25) is 0 Å². The summed E-state index contributed by atoms with van der Waals surface area (Å²) in [7, 11) is 0. The second-order valence-electron chi connectivity index (χ2n) is 17.6. The van der Waals surface area contributed by atoms with Crippen molar-refractivity contribution in [3.05, 3.63) is 0 Å². The molecular weight excluding hydrogens is 695 g/mol. The van der Waals surface area contributed by atoms with Gasteiger partial charge in [0.2, 0.25) is 5.91 Å². The normalized spacial score (nSPS) is 13.2. The van der Waals surface area contributed by atoms with Gasteiger partial charge in [0.15, 0.2) is 0 Å². The molecule has 0 saturated heterocycles. The molecule has 0 heterocycles. The van der Waals surface area contributed by atoms with Crippen LogP contribution in [-0.4, -0.2) is 46.9 Å². The maximum Gasteiger partial charge on any atom is 0.306 e. The standard InChI is InChI=1S/C50H99NO5/c1-4-7-10-13-16-19-21-23-24-25-27-28-30-33-36-39-42-48(53)47(45-52)51-49(54)44-46(41-38-35-32-18-15-12-9-6-3)56-50(55)43-40-37-34-31-29-26-22-20-17-14-11-8-5-2/h46-48,52-53H,4-45H2,1-3H3,(H,51,54). The summed E-state index contributed by atoms with van der Waals surface area (Å²) in [5, 5.41) is 23.7. The Morgan fingerprint density at radius 3 is 1.09 bits per heavy atom. The molecule has 3 N–H and O–H groups in total. The Morgan fingerprint density at radius 2 is 0.750 bits per heavy atom. The van der Waals surface area contributed by atoms with Crippen LogP contribution in [0, 0.1) is 0 Å². The van der Waals surface area contributed by atoms with Gasteiger partial charge in [0, 0.05) is 6.42 Å². The summed E-state index contributed by atoms with van der Waals surface area (Å²) in [6, 6.07) is -0.691. The first-order valence-electron chi connectivity index (χ1n) is 25.3. The number of amides is 1. The third-order valence-electron chi connectivity index (χ3n) is 11.9. The summed E-state index contributed by atoms with van der Waals surface area (Å²) >= 11 is 0. The van der Waals surface area contributed by atoms with Gasteiger partial charge in [-0.3, -0.25) is 9.59 Å². The first-order valence-corrected chi connectivity index (χ1v) is 25.3. The number of unbranched alkanes of at least 4 members (excludes halogenated alkanes) is 34. The Morgan fingerprint density at radius 1 is 0.446 bits per heavy atom. The highest BCUT2D eigenvalue weighted by atomic mass is 16.5. The number of aliphatic hydroxyl groups is 2. The van der Waals surface area contributed by atoms with Crippen molar-refractivity contribution in [3.63, 3.8) is 0 Å². The monoisotopic (exact) mass is 794 g/mol. The molecule has 6 nitrogen and oxygen atoms in total. The lowest BCUT2D eigenvalue weighted by atomic mass is 10.0. The van der Waals surface area contributed by atoms with E-state index in [1.54, 1.807) is 0 Å². The van der Waals surface area contributed by atoms with Crippen molar-refractivity contribution in [2.75, 3.05) is 6.61 Å². The van der Waals surface area contributed by atoms with E-state index in [1.165, 1.54) is 193 Å². The Labute approximate surface area is 349 Å². The summed E-state index contributed by atoms with van der Waals surface area (Å²) in [5.74, 6) is -0.457. The van der Waals surface area contributed by atoms with Gasteiger partial charge >= 0.3 is 5.97 Å². The topological polar surface area (TPSA) is 95.9 Å². The van der Waals surface area contributed by atoms with Crippen LogP contribution in [0.25, 0.3) is 0 Å². The van der Waals surface area contributed by atoms with Gasteiger partial charge in [-0.05, 0) is 25.7 Å². The molecule has 0 aliphatic carbocycles. The van der Waals surface area contributed by atoms with Crippen molar-refractivity contribution < 1.29 is 24.5 Å². The molecule has 1 amide bonds. The van der Waals surface area contributed by atoms with Gasteiger partial charge in [-0.25, -0.2) is 0 Å². The van der Waals surface area contributed by atoms with Crippen LogP contribution in [-0.2, 0) is 14.3 Å². The lowest BCUT2D eigenvalue weighted by molar-refractivity contribution is -0.151. The van der Waals surface area contributed by atoms with Crippen LogP contribution in [0.15, 0.2) is 0 Å². The predicted octanol–water partition coefficient (Wildman–Crippen LogP) is 14.8. The summed E-state index contributed by atoms with van der Waals surface area (Å²) in [6.07, 6.45) is 47.4. The molecule has 0 bridgehead atoms. The molecule has 6 heteroatoms. The van der Waals surface area contributed by atoms with Crippen molar-refractivity contribution in [2.24, 2.45) is 0 Å². The fourth-order valence-electron chi connectivity index (χ4n) is 8.08. The minimum Gasteiger partial charge on any atom is -0.462 e. The summed E-state index contributed by atoms with van der Waals surface area (Å²) in [4.78, 5) is 26.0. The number of nitrogens with one attached hydrogen (secondary N) is 1. The number of esters is 1. The molecule has 56 heavy (non-hydrogen) atoms. The van der Waals surface area contributed by atoms with Crippen LogP contribution >= 0.6 is 0 Å². The summed E-state index contributed by atoms with van der Waals surface area (Å²) in [5.41, 5.74) is 0. The highest BCUT2D eigenvalue weighted by Crippen LogP contribution is 2.18. The summed E-state index contributed by atoms with van der Waals surface area (Å²) < 4.78 is 5.90. The Bertz CT molecular complexity index is 806. The minimum atomic E-state index is -0.778.